The van der Waals surface area contributed by atoms with E-state index >= 15 is 0 Å². The van der Waals surface area contributed by atoms with Gasteiger partial charge in [-0.2, -0.15) is 11.8 Å². The maximum Gasteiger partial charge on any atom is 0.191 e. The third-order valence-electron chi connectivity index (χ3n) is 4.03. The molecule has 1 heterocycles. The van der Waals surface area contributed by atoms with Crippen molar-refractivity contribution in [2.45, 2.75) is 32.9 Å². The van der Waals surface area contributed by atoms with Gasteiger partial charge in [-0.1, -0.05) is 19.1 Å². The van der Waals surface area contributed by atoms with E-state index < -0.39 is 0 Å². The Morgan fingerprint density at radius 3 is 2.86 bits per heavy atom. The molecule has 28 heavy (non-hydrogen) atoms. The highest BCUT2D eigenvalue weighted by atomic mass is 127. The van der Waals surface area contributed by atoms with Crippen LogP contribution in [0.15, 0.2) is 35.6 Å². The zero-order chi connectivity index (χ0) is 19.3. The Labute approximate surface area is 189 Å². The van der Waals surface area contributed by atoms with Gasteiger partial charge in [0, 0.05) is 26.1 Å². The van der Waals surface area contributed by atoms with E-state index in [1.54, 1.807) is 13.4 Å². The predicted octanol–water partition coefficient (Wildman–Crippen LogP) is 2.96. The molecule has 2 N–H and O–H groups in total. The van der Waals surface area contributed by atoms with Gasteiger partial charge in [-0.05, 0) is 36.1 Å². The highest BCUT2D eigenvalue weighted by Crippen LogP contribution is 2.13. The molecule has 0 spiro atoms. The van der Waals surface area contributed by atoms with E-state index in [1.807, 2.05) is 30.0 Å². The molecule has 0 amide bonds. The van der Waals surface area contributed by atoms with Crippen LogP contribution in [0.25, 0.3) is 0 Å². The van der Waals surface area contributed by atoms with Crippen molar-refractivity contribution in [3.63, 3.8) is 0 Å². The largest absolute Gasteiger partial charge is 0.497 e. The van der Waals surface area contributed by atoms with Crippen LogP contribution in [0.3, 0.4) is 0 Å². The number of rotatable bonds is 11. The van der Waals surface area contributed by atoms with Crippen molar-refractivity contribution in [3.8, 4) is 5.75 Å². The van der Waals surface area contributed by atoms with E-state index in [2.05, 4.69) is 44.6 Å². The summed E-state index contributed by atoms with van der Waals surface area (Å²) in [5.41, 5.74) is 1.12. The number of nitrogens with zero attached hydrogens (tertiary/aromatic N) is 4. The van der Waals surface area contributed by atoms with Gasteiger partial charge in [-0.25, -0.2) is 4.99 Å². The van der Waals surface area contributed by atoms with Crippen molar-refractivity contribution in [1.29, 1.82) is 0 Å². The van der Waals surface area contributed by atoms with Crippen molar-refractivity contribution in [1.82, 2.24) is 25.4 Å². The molecule has 7 nitrogen and oxygen atoms in total. The van der Waals surface area contributed by atoms with Crippen LogP contribution in [-0.2, 0) is 19.5 Å². The number of aromatic nitrogens is 3. The van der Waals surface area contributed by atoms with Gasteiger partial charge in [0.05, 0.1) is 13.7 Å². The maximum absolute atomic E-state index is 5.28. The molecule has 2 aromatic rings. The van der Waals surface area contributed by atoms with E-state index in [4.69, 9.17) is 9.73 Å². The molecular weight excluding hydrogens is 487 g/mol. The van der Waals surface area contributed by atoms with E-state index in [-0.39, 0.29) is 24.0 Å². The van der Waals surface area contributed by atoms with Gasteiger partial charge in [0.15, 0.2) is 5.96 Å². The first-order valence-electron chi connectivity index (χ1n) is 9.27. The van der Waals surface area contributed by atoms with Crippen molar-refractivity contribution < 1.29 is 4.74 Å². The van der Waals surface area contributed by atoms with E-state index in [9.17, 15) is 0 Å². The average Bonchev–Trinajstić information content (AvgIpc) is 3.16. The average molecular weight is 518 g/mol. The summed E-state index contributed by atoms with van der Waals surface area (Å²) in [6, 6.07) is 8.00. The zero-order valence-electron chi connectivity index (χ0n) is 16.9. The molecule has 1 aromatic carbocycles. The van der Waals surface area contributed by atoms with Crippen LogP contribution in [0.1, 0.15) is 24.7 Å². The third-order valence-corrected chi connectivity index (χ3v) is 4.73. The summed E-state index contributed by atoms with van der Waals surface area (Å²) in [5.74, 6) is 3.81. The first-order chi connectivity index (χ1) is 13.3. The lowest BCUT2D eigenvalue weighted by Gasteiger charge is -2.13. The number of halogens is 1. The van der Waals surface area contributed by atoms with Crippen molar-refractivity contribution >= 4 is 41.7 Å². The SMILES string of the molecule is CCc1nncn1CCNC(=NCc1cccc(OC)c1)NCCCSC.I. The van der Waals surface area contributed by atoms with Crippen LogP contribution in [0, 0.1) is 0 Å². The lowest BCUT2D eigenvalue weighted by atomic mass is 10.2. The molecule has 0 saturated carbocycles. The topological polar surface area (TPSA) is 76.4 Å². The molecule has 0 aliphatic heterocycles. The molecule has 0 aliphatic carbocycles. The molecule has 0 fully saturated rings. The fourth-order valence-electron chi connectivity index (χ4n) is 2.57. The summed E-state index contributed by atoms with van der Waals surface area (Å²) >= 11 is 1.86. The minimum atomic E-state index is 0. The van der Waals surface area contributed by atoms with E-state index in [1.165, 1.54) is 0 Å². The number of guanidine groups is 1. The lowest BCUT2D eigenvalue weighted by Crippen LogP contribution is -2.39. The Kier molecular flexibility index (Phi) is 12.7. The highest BCUT2D eigenvalue weighted by Gasteiger charge is 2.03. The Morgan fingerprint density at radius 1 is 1.29 bits per heavy atom. The second kappa shape index (κ2) is 14.5. The standard InChI is InChI=1S/C19H30N6OS.HI/c1-4-18-24-23-15-25(18)11-10-21-19(20-9-6-12-27-3)22-14-16-7-5-8-17(13-16)26-2;/h5,7-8,13,15H,4,6,9-12,14H2,1-3H3,(H2,20,21,22);1H. The fraction of sp³-hybridized carbons (Fsp3) is 0.526. The van der Waals surface area contributed by atoms with E-state index in [0.717, 1.165) is 61.3 Å². The van der Waals surface area contributed by atoms with Crippen molar-refractivity contribution in [2.24, 2.45) is 4.99 Å². The Morgan fingerprint density at radius 2 is 2.11 bits per heavy atom. The van der Waals surface area contributed by atoms with Crippen molar-refractivity contribution in [2.75, 3.05) is 32.2 Å². The van der Waals surface area contributed by atoms with Gasteiger partial charge in [-0.3, -0.25) is 0 Å². The van der Waals surface area contributed by atoms with Crippen molar-refractivity contribution in [3.05, 3.63) is 42.0 Å². The van der Waals surface area contributed by atoms with Crippen LogP contribution in [0.2, 0.25) is 0 Å². The normalized spacial score (nSPS) is 11.0. The van der Waals surface area contributed by atoms with Gasteiger partial charge in [-0.15, -0.1) is 34.2 Å². The summed E-state index contributed by atoms with van der Waals surface area (Å²) in [7, 11) is 1.68. The Balaban J connectivity index is 0.00000392. The summed E-state index contributed by atoms with van der Waals surface area (Å²) in [4.78, 5) is 4.72. The monoisotopic (exact) mass is 518 g/mol. The van der Waals surface area contributed by atoms with Gasteiger partial charge < -0.3 is 19.9 Å². The molecule has 0 radical (unpaired) electrons. The summed E-state index contributed by atoms with van der Waals surface area (Å²) in [6.07, 6.45) is 5.89. The lowest BCUT2D eigenvalue weighted by molar-refractivity contribution is 0.414. The maximum atomic E-state index is 5.28. The number of thioether (sulfide) groups is 1. The minimum Gasteiger partial charge on any atom is -0.497 e. The number of aliphatic imine (C=N–C) groups is 1. The molecule has 156 valence electrons. The van der Waals surface area contributed by atoms with Gasteiger partial charge in [0.1, 0.15) is 17.9 Å². The number of benzene rings is 1. The molecule has 0 atom stereocenters. The molecular formula is C19H31IN6OS. The quantitative estimate of drug-likeness (QED) is 0.206. The molecule has 0 unspecified atom stereocenters. The van der Waals surface area contributed by atoms with Crippen LogP contribution in [-0.4, -0.2) is 52.9 Å². The summed E-state index contributed by atoms with van der Waals surface area (Å²) in [6.45, 7) is 5.15. The summed E-state index contributed by atoms with van der Waals surface area (Å²) < 4.78 is 7.35. The van der Waals surface area contributed by atoms with Crippen LogP contribution in [0.4, 0.5) is 0 Å². The first-order valence-corrected chi connectivity index (χ1v) is 10.7. The number of methoxy groups -OCH3 is 1. The molecule has 1 aromatic heterocycles. The van der Waals surface area contributed by atoms with E-state index in [0.29, 0.717) is 6.54 Å². The molecule has 9 heteroatoms. The fourth-order valence-corrected chi connectivity index (χ4v) is 3.01. The van der Waals surface area contributed by atoms with Gasteiger partial charge in [0.25, 0.3) is 0 Å². The summed E-state index contributed by atoms with van der Waals surface area (Å²) in [5, 5.41) is 14.9. The molecule has 0 saturated heterocycles. The molecule has 2 rings (SSSR count). The van der Waals surface area contributed by atoms with Gasteiger partial charge in [0.2, 0.25) is 0 Å². The number of hydrogen-bond acceptors (Lipinski definition) is 5. The van der Waals surface area contributed by atoms with Crippen LogP contribution < -0.4 is 15.4 Å². The molecule has 0 aliphatic rings. The minimum absolute atomic E-state index is 0. The second-order valence-electron chi connectivity index (χ2n) is 6.01. The Hall–Kier alpha value is -1.49. The first kappa shape index (κ1) is 24.5. The number of ether oxygens (including phenoxy) is 1. The zero-order valence-corrected chi connectivity index (χ0v) is 20.0. The van der Waals surface area contributed by atoms with Crippen LogP contribution in [0.5, 0.6) is 5.75 Å². The third kappa shape index (κ3) is 8.68. The number of hydrogen-bond donors (Lipinski definition) is 2. The van der Waals surface area contributed by atoms with Gasteiger partial charge >= 0.3 is 0 Å². The smallest absolute Gasteiger partial charge is 0.191 e. The Bertz CT molecular complexity index is 709. The second-order valence-corrected chi connectivity index (χ2v) is 7.00. The predicted molar refractivity (Wildman–Crippen MR) is 128 cm³/mol. The molecule has 0 bridgehead atoms. The van der Waals surface area contributed by atoms with Crippen LogP contribution >= 0.6 is 35.7 Å². The number of nitrogens with one attached hydrogen (secondary N) is 2. The highest BCUT2D eigenvalue weighted by molar-refractivity contribution is 14.0. The number of aryl methyl sites for hydroxylation is 1.